The van der Waals surface area contributed by atoms with Crippen LogP contribution in [0.1, 0.15) is 22.3 Å². The van der Waals surface area contributed by atoms with Gasteiger partial charge in [0, 0.05) is 11.4 Å². The van der Waals surface area contributed by atoms with Crippen molar-refractivity contribution in [1.29, 1.82) is 0 Å². The summed E-state index contributed by atoms with van der Waals surface area (Å²) in [5.74, 6) is 0. The molecule has 208 valence electrons. The van der Waals surface area contributed by atoms with Crippen molar-refractivity contribution in [3.63, 3.8) is 0 Å². The molecule has 1 nitrogen and oxygen atoms in total. The number of fused-ring (bicyclic) bond motifs is 3. The maximum atomic E-state index is 3.59. The van der Waals surface area contributed by atoms with Crippen LogP contribution < -0.4 is 5.32 Å². The molecule has 44 heavy (non-hydrogen) atoms. The van der Waals surface area contributed by atoms with Gasteiger partial charge in [-0.05, 0) is 79.9 Å². The van der Waals surface area contributed by atoms with Gasteiger partial charge in [0.1, 0.15) is 0 Å². The molecule has 1 N–H and O–H groups in total. The molecule has 0 aromatic heterocycles. The van der Waals surface area contributed by atoms with Crippen molar-refractivity contribution in [2.24, 2.45) is 0 Å². The average Bonchev–Trinajstić information content (AvgIpc) is 3.41. The third-order valence-corrected chi connectivity index (χ3v) is 8.97. The van der Waals surface area contributed by atoms with Crippen molar-refractivity contribution in [3.05, 3.63) is 204 Å². The highest BCUT2D eigenvalue weighted by molar-refractivity contribution is 5.89. The van der Waals surface area contributed by atoms with E-state index < -0.39 is 5.41 Å². The van der Waals surface area contributed by atoms with Crippen LogP contribution in [-0.4, -0.2) is 0 Å². The second kappa shape index (κ2) is 10.9. The van der Waals surface area contributed by atoms with E-state index in [4.69, 9.17) is 0 Å². The van der Waals surface area contributed by atoms with Gasteiger partial charge in [0.2, 0.25) is 0 Å². The lowest BCUT2D eigenvalue weighted by Crippen LogP contribution is -2.29. The minimum absolute atomic E-state index is 0.428. The van der Waals surface area contributed by atoms with E-state index in [1.807, 2.05) is 0 Å². The lowest BCUT2D eigenvalue weighted by molar-refractivity contribution is 0.770. The second-order valence-corrected chi connectivity index (χ2v) is 11.4. The molecule has 0 amide bonds. The van der Waals surface area contributed by atoms with E-state index in [2.05, 4.69) is 187 Å². The fraction of sp³-hybridized carbons (Fsp3) is 0.0233. The molecular formula is C43H31N. The standard InChI is InChI=1S/C43H31N/c1-3-13-31(14-4-1)32-23-27-35(28-24-32)44-36-29-25-33(26-30-36)37-17-7-10-20-40(37)43(34-15-5-2-6-16-34)41-21-11-8-18-38(41)39-19-9-12-22-42(39)43/h1-30,44H. The molecule has 1 heteroatoms. The Balaban J connectivity index is 1.20. The minimum Gasteiger partial charge on any atom is -0.356 e. The first-order valence-corrected chi connectivity index (χ1v) is 15.2. The summed E-state index contributed by atoms with van der Waals surface area (Å²) in [4.78, 5) is 0. The molecule has 1 aliphatic rings. The molecule has 0 saturated carbocycles. The van der Waals surface area contributed by atoms with Crippen LogP contribution in [0.4, 0.5) is 11.4 Å². The zero-order valence-corrected chi connectivity index (χ0v) is 24.3. The van der Waals surface area contributed by atoms with E-state index in [1.54, 1.807) is 0 Å². The Kier molecular flexibility index (Phi) is 6.43. The number of hydrogen-bond acceptors (Lipinski definition) is 1. The molecule has 7 aromatic carbocycles. The first kappa shape index (κ1) is 26.0. The zero-order valence-electron chi connectivity index (χ0n) is 24.3. The van der Waals surface area contributed by atoms with E-state index in [0.29, 0.717) is 0 Å². The molecule has 0 atom stereocenters. The zero-order chi connectivity index (χ0) is 29.3. The Labute approximate surface area is 259 Å². The monoisotopic (exact) mass is 561 g/mol. The number of benzene rings is 7. The highest BCUT2D eigenvalue weighted by Gasteiger charge is 2.46. The van der Waals surface area contributed by atoms with Crippen LogP contribution in [0, 0.1) is 0 Å². The van der Waals surface area contributed by atoms with E-state index in [0.717, 1.165) is 11.4 Å². The van der Waals surface area contributed by atoms with Gasteiger partial charge >= 0.3 is 0 Å². The predicted octanol–water partition coefficient (Wildman–Crippen LogP) is 11.1. The molecule has 0 bridgehead atoms. The van der Waals surface area contributed by atoms with Gasteiger partial charge in [0.05, 0.1) is 5.41 Å². The third kappa shape index (κ3) is 4.25. The van der Waals surface area contributed by atoms with Gasteiger partial charge in [-0.2, -0.15) is 0 Å². The maximum Gasteiger partial charge on any atom is 0.0719 e. The molecule has 0 spiro atoms. The van der Waals surface area contributed by atoms with Crippen LogP contribution in [0.15, 0.2) is 182 Å². The van der Waals surface area contributed by atoms with E-state index in [-0.39, 0.29) is 0 Å². The van der Waals surface area contributed by atoms with Crippen molar-refractivity contribution >= 4 is 11.4 Å². The number of rotatable bonds is 6. The molecule has 0 radical (unpaired) electrons. The number of nitrogens with one attached hydrogen (secondary N) is 1. The summed E-state index contributed by atoms with van der Waals surface area (Å²) in [7, 11) is 0. The van der Waals surface area contributed by atoms with Gasteiger partial charge in [0.15, 0.2) is 0 Å². The van der Waals surface area contributed by atoms with Crippen LogP contribution in [0.5, 0.6) is 0 Å². The summed E-state index contributed by atoms with van der Waals surface area (Å²) in [5.41, 5.74) is 14.4. The molecule has 0 unspecified atom stereocenters. The van der Waals surface area contributed by atoms with Crippen LogP contribution in [-0.2, 0) is 5.41 Å². The van der Waals surface area contributed by atoms with E-state index in [9.17, 15) is 0 Å². The summed E-state index contributed by atoms with van der Waals surface area (Å²) >= 11 is 0. The van der Waals surface area contributed by atoms with Gasteiger partial charge in [-0.1, -0.05) is 158 Å². The first-order chi connectivity index (χ1) is 21.8. The Morgan fingerprint density at radius 3 is 1.23 bits per heavy atom. The van der Waals surface area contributed by atoms with E-state index >= 15 is 0 Å². The lowest BCUT2D eigenvalue weighted by Gasteiger charge is -2.35. The molecule has 8 rings (SSSR count). The van der Waals surface area contributed by atoms with Crippen molar-refractivity contribution in [3.8, 4) is 33.4 Å². The molecule has 0 heterocycles. The van der Waals surface area contributed by atoms with Gasteiger partial charge in [-0.15, -0.1) is 0 Å². The molecule has 7 aromatic rings. The van der Waals surface area contributed by atoms with Crippen LogP contribution in [0.25, 0.3) is 33.4 Å². The summed E-state index contributed by atoms with van der Waals surface area (Å²) < 4.78 is 0. The summed E-state index contributed by atoms with van der Waals surface area (Å²) in [6, 6.07) is 65.7. The number of hydrogen-bond donors (Lipinski definition) is 1. The quantitative estimate of drug-likeness (QED) is 0.213. The second-order valence-electron chi connectivity index (χ2n) is 11.4. The highest BCUT2D eigenvalue weighted by atomic mass is 14.9. The van der Waals surface area contributed by atoms with Crippen LogP contribution >= 0.6 is 0 Å². The molecule has 1 aliphatic carbocycles. The first-order valence-electron chi connectivity index (χ1n) is 15.2. The molecule has 0 aliphatic heterocycles. The normalized spacial score (nSPS) is 12.7. The fourth-order valence-electron chi connectivity index (χ4n) is 7.02. The number of anilines is 2. The van der Waals surface area contributed by atoms with Crippen molar-refractivity contribution < 1.29 is 0 Å². The summed E-state index contributed by atoms with van der Waals surface area (Å²) in [5, 5.41) is 3.59. The molecule has 0 fully saturated rings. The molecule has 0 saturated heterocycles. The highest BCUT2D eigenvalue weighted by Crippen LogP contribution is 2.57. The van der Waals surface area contributed by atoms with Gasteiger partial charge in [0.25, 0.3) is 0 Å². The molecular weight excluding hydrogens is 530 g/mol. The van der Waals surface area contributed by atoms with E-state index in [1.165, 1.54) is 55.6 Å². The topological polar surface area (TPSA) is 12.0 Å². The van der Waals surface area contributed by atoms with Gasteiger partial charge in [-0.3, -0.25) is 0 Å². The lowest BCUT2D eigenvalue weighted by atomic mass is 9.66. The summed E-state index contributed by atoms with van der Waals surface area (Å²) in [6.45, 7) is 0. The maximum absolute atomic E-state index is 3.59. The van der Waals surface area contributed by atoms with Gasteiger partial charge in [-0.25, -0.2) is 0 Å². The van der Waals surface area contributed by atoms with Crippen molar-refractivity contribution in [2.45, 2.75) is 5.41 Å². The smallest absolute Gasteiger partial charge is 0.0719 e. The minimum atomic E-state index is -0.428. The SMILES string of the molecule is c1ccc(-c2ccc(Nc3ccc(-c4ccccc4C4(c5ccccc5)c5ccccc5-c5ccccc54)cc3)cc2)cc1. The van der Waals surface area contributed by atoms with Crippen molar-refractivity contribution in [2.75, 3.05) is 5.32 Å². The Bertz CT molecular complexity index is 2010. The Morgan fingerprint density at radius 1 is 0.295 bits per heavy atom. The fourth-order valence-corrected chi connectivity index (χ4v) is 7.02. The predicted molar refractivity (Wildman–Crippen MR) is 184 cm³/mol. The third-order valence-electron chi connectivity index (χ3n) is 8.97. The van der Waals surface area contributed by atoms with Crippen LogP contribution in [0.2, 0.25) is 0 Å². The Morgan fingerprint density at radius 2 is 0.682 bits per heavy atom. The van der Waals surface area contributed by atoms with Gasteiger partial charge < -0.3 is 5.32 Å². The van der Waals surface area contributed by atoms with Crippen LogP contribution in [0.3, 0.4) is 0 Å². The Hall–Kier alpha value is -5.66. The largest absolute Gasteiger partial charge is 0.356 e. The van der Waals surface area contributed by atoms with Crippen molar-refractivity contribution in [1.82, 2.24) is 0 Å². The summed E-state index contributed by atoms with van der Waals surface area (Å²) in [6.07, 6.45) is 0. The average molecular weight is 562 g/mol.